The standard InChI is InChI=1S/C29H22F2N4O3/c30-19-10-9-18-23(24(19)31)21-6-3-12-32(21)20-5-2-1-4-17(20)25(18)35-28-15-7-8-16(14-15)34(28)29(38)26-27(37)22(36)11-13-33(26)35/h1-6,9-13,15-16,25,28,37H,7-8,14H2/t15?,16?,25-,28?/m1/s1. The number of fused-ring (bicyclic) bond motifs is 11. The number of pyridine rings is 1. The molecule has 5 heterocycles. The summed E-state index contributed by atoms with van der Waals surface area (Å²) in [5, 5.41) is 12.8. The topological polar surface area (TPSA) is 70.7 Å². The van der Waals surface area contributed by atoms with Gasteiger partial charge in [-0.05, 0) is 49.1 Å². The molecular formula is C29H22F2N4O3. The van der Waals surface area contributed by atoms with Crippen molar-refractivity contribution >= 4 is 5.91 Å². The number of carbonyl (C=O) groups excluding carboxylic acids is 1. The number of aromatic hydroxyl groups is 1. The molecule has 0 radical (unpaired) electrons. The van der Waals surface area contributed by atoms with Crippen LogP contribution in [-0.4, -0.2) is 37.4 Å². The minimum absolute atomic E-state index is 0.0114. The number of hydrogen-bond donors (Lipinski definition) is 1. The number of para-hydroxylation sites is 1. The molecule has 0 spiro atoms. The van der Waals surface area contributed by atoms with Gasteiger partial charge in [0.25, 0.3) is 5.91 Å². The van der Waals surface area contributed by atoms with Crippen molar-refractivity contribution in [3.05, 3.63) is 106 Å². The first kappa shape index (κ1) is 21.7. The van der Waals surface area contributed by atoms with Gasteiger partial charge in [0.05, 0.1) is 11.4 Å². The second-order valence-corrected chi connectivity index (χ2v) is 10.5. The maximum Gasteiger partial charge on any atom is 0.278 e. The summed E-state index contributed by atoms with van der Waals surface area (Å²) in [5.74, 6) is -2.73. The zero-order valence-electron chi connectivity index (χ0n) is 20.1. The van der Waals surface area contributed by atoms with E-state index in [-0.39, 0.29) is 35.3 Å². The average molecular weight is 513 g/mol. The molecule has 3 unspecified atom stereocenters. The number of rotatable bonds is 1. The minimum atomic E-state index is -0.946. The Morgan fingerprint density at radius 2 is 1.74 bits per heavy atom. The van der Waals surface area contributed by atoms with Crippen LogP contribution in [0.2, 0.25) is 0 Å². The first-order chi connectivity index (χ1) is 18.5. The monoisotopic (exact) mass is 512 g/mol. The number of carbonyl (C=O) groups is 1. The zero-order valence-corrected chi connectivity index (χ0v) is 20.1. The number of hydrogen-bond acceptors (Lipinski definition) is 4. The number of aromatic nitrogens is 2. The van der Waals surface area contributed by atoms with Crippen LogP contribution in [0.15, 0.2) is 71.8 Å². The van der Waals surface area contributed by atoms with Crippen LogP contribution in [0.25, 0.3) is 16.9 Å². The molecule has 1 aliphatic carbocycles. The summed E-state index contributed by atoms with van der Waals surface area (Å²) in [6.07, 6.45) is 5.53. The summed E-state index contributed by atoms with van der Waals surface area (Å²) >= 11 is 0. The maximum absolute atomic E-state index is 15.7. The third kappa shape index (κ3) is 2.56. The van der Waals surface area contributed by atoms with Crippen LogP contribution in [0, 0.1) is 17.6 Å². The highest BCUT2D eigenvalue weighted by Gasteiger charge is 2.56. The van der Waals surface area contributed by atoms with Gasteiger partial charge in [-0.25, -0.2) is 8.78 Å². The second-order valence-electron chi connectivity index (χ2n) is 10.5. The molecule has 7 nitrogen and oxygen atoms in total. The molecule has 8 rings (SSSR count). The summed E-state index contributed by atoms with van der Waals surface area (Å²) in [5.41, 5.74) is 2.09. The Morgan fingerprint density at radius 1 is 0.895 bits per heavy atom. The van der Waals surface area contributed by atoms with Crippen molar-refractivity contribution in [1.29, 1.82) is 0 Å². The van der Waals surface area contributed by atoms with Crippen LogP contribution in [0.4, 0.5) is 8.78 Å². The third-order valence-corrected chi connectivity index (χ3v) is 8.74. The van der Waals surface area contributed by atoms with E-state index < -0.39 is 28.9 Å². The van der Waals surface area contributed by atoms with Crippen LogP contribution in [-0.2, 0) is 0 Å². The molecule has 1 amide bonds. The largest absolute Gasteiger partial charge is 0.502 e. The van der Waals surface area contributed by atoms with Gasteiger partial charge >= 0.3 is 0 Å². The molecule has 190 valence electrons. The van der Waals surface area contributed by atoms with Crippen LogP contribution in [0.5, 0.6) is 5.75 Å². The molecule has 4 aliphatic rings. The lowest BCUT2D eigenvalue weighted by Gasteiger charge is -2.51. The Bertz CT molecular complexity index is 1740. The first-order valence-electron chi connectivity index (χ1n) is 12.8. The number of benzene rings is 2. The van der Waals surface area contributed by atoms with Crippen molar-refractivity contribution in [2.75, 3.05) is 5.01 Å². The lowest BCUT2D eigenvalue weighted by atomic mass is 9.90. The molecule has 2 fully saturated rings. The molecular weight excluding hydrogens is 490 g/mol. The molecule has 2 aromatic heterocycles. The van der Waals surface area contributed by atoms with Gasteiger partial charge in [-0.2, -0.15) is 0 Å². The summed E-state index contributed by atoms with van der Waals surface area (Å²) in [6, 6.07) is 14.6. The van der Waals surface area contributed by atoms with Crippen molar-refractivity contribution in [3.8, 4) is 22.7 Å². The Hall–Kier alpha value is -4.40. The highest BCUT2D eigenvalue weighted by Crippen LogP contribution is 2.51. The summed E-state index contributed by atoms with van der Waals surface area (Å²) in [7, 11) is 0. The fraction of sp³-hybridized carbons (Fsp3) is 0.241. The fourth-order valence-electron chi connectivity index (χ4n) is 7.26. The Balaban J connectivity index is 1.49. The number of amides is 1. The van der Waals surface area contributed by atoms with Gasteiger partial charge in [-0.1, -0.05) is 24.3 Å². The van der Waals surface area contributed by atoms with E-state index in [1.54, 1.807) is 27.8 Å². The molecule has 38 heavy (non-hydrogen) atoms. The first-order valence-corrected chi connectivity index (χ1v) is 12.8. The lowest BCUT2D eigenvalue weighted by Crippen LogP contribution is -2.64. The number of piperidine rings is 1. The molecule has 9 heteroatoms. The van der Waals surface area contributed by atoms with Gasteiger partial charge in [-0.3, -0.25) is 19.3 Å². The number of nitrogens with zero attached hydrogens (tertiary/aromatic N) is 4. The molecule has 1 saturated heterocycles. The van der Waals surface area contributed by atoms with Crippen molar-refractivity contribution in [2.45, 2.75) is 37.5 Å². The van der Waals surface area contributed by atoms with Gasteiger partial charge in [0.15, 0.2) is 23.1 Å². The SMILES string of the molecule is O=C1c2c(O)c(=O)ccn2N([C@@H]2c3ccccc3-n3cccc3-c3c2ccc(F)c3F)C2C3CCC(C3)N12. The van der Waals surface area contributed by atoms with E-state index >= 15 is 4.39 Å². The number of halogens is 2. The third-order valence-electron chi connectivity index (χ3n) is 8.74. The molecule has 4 atom stereocenters. The second kappa shape index (κ2) is 7.34. The van der Waals surface area contributed by atoms with Crippen LogP contribution < -0.4 is 10.4 Å². The highest BCUT2D eigenvalue weighted by molar-refractivity contribution is 5.97. The van der Waals surface area contributed by atoms with Crippen LogP contribution >= 0.6 is 0 Å². The summed E-state index contributed by atoms with van der Waals surface area (Å²) in [6.45, 7) is 0. The van der Waals surface area contributed by atoms with Crippen molar-refractivity contribution in [2.24, 2.45) is 5.92 Å². The Labute approximate surface area is 215 Å². The van der Waals surface area contributed by atoms with E-state index in [0.717, 1.165) is 36.6 Å². The molecule has 4 aromatic rings. The van der Waals surface area contributed by atoms with E-state index in [1.165, 1.54) is 12.3 Å². The fourth-order valence-corrected chi connectivity index (χ4v) is 7.26. The molecule has 1 saturated carbocycles. The molecule has 3 aliphatic heterocycles. The quantitative estimate of drug-likeness (QED) is 0.413. The highest BCUT2D eigenvalue weighted by atomic mass is 19.2. The smallest absolute Gasteiger partial charge is 0.278 e. The van der Waals surface area contributed by atoms with E-state index in [9.17, 15) is 19.1 Å². The van der Waals surface area contributed by atoms with Gasteiger partial charge in [-0.15, -0.1) is 0 Å². The van der Waals surface area contributed by atoms with Crippen molar-refractivity contribution < 1.29 is 18.7 Å². The van der Waals surface area contributed by atoms with E-state index in [1.807, 2.05) is 40.0 Å². The molecule has 2 bridgehead atoms. The van der Waals surface area contributed by atoms with Gasteiger partial charge < -0.3 is 14.6 Å². The van der Waals surface area contributed by atoms with E-state index in [0.29, 0.717) is 11.3 Å². The predicted molar refractivity (Wildman–Crippen MR) is 135 cm³/mol. The summed E-state index contributed by atoms with van der Waals surface area (Å²) in [4.78, 5) is 28.0. The predicted octanol–water partition coefficient (Wildman–Crippen LogP) is 4.30. The van der Waals surface area contributed by atoms with Gasteiger partial charge in [0.1, 0.15) is 12.2 Å². The molecule has 2 aromatic carbocycles. The van der Waals surface area contributed by atoms with Crippen LogP contribution in [0.1, 0.15) is 46.9 Å². The van der Waals surface area contributed by atoms with Crippen molar-refractivity contribution in [1.82, 2.24) is 14.1 Å². The zero-order chi connectivity index (χ0) is 25.9. The van der Waals surface area contributed by atoms with Gasteiger partial charge in [0, 0.05) is 41.5 Å². The summed E-state index contributed by atoms with van der Waals surface area (Å²) < 4.78 is 33.9. The van der Waals surface area contributed by atoms with E-state index in [2.05, 4.69) is 0 Å². The van der Waals surface area contributed by atoms with Gasteiger partial charge in [0.2, 0.25) is 5.43 Å². The van der Waals surface area contributed by atoms with Crippen LogP contribution in [0.3, 0.4) is 0 Å². The van der Waals surface area contributed by atoms with Crippen molar-refractivity contribution in [3.63, 3.8) is 0 Å². The maximum atomic E-state index is 15.7. The average Bonchev–Trinajstić information content (AvgIpc) is 3.66. The normalized spacial score (nSPS) is 24.4. The molecule has 1 N–H and O–H groups in total. The lowest BCUT2D eigenvalue weighted by molar-refractivity contribution is 0.0439. The van der Waals surface area contributed by atoms with E-state index in [4.69, 9.17) is 0 Å². The Morgan fingerprint density at radius 3 is 2.61 bits per heavy atom. The minimum Gasteiger partial charge on any atom is -0.502 e. The Kier molecular flexibility index (Phi) is 4.18.